The number of rotatable bonds is 7. The molecular weight excluding hydrogens is 340 g/mol. The van der Waals surface area contributed by atoms with E-state index in [2.05, 4.69) is 36.1 Å². The number of benzene rings is 2. The SMILES string of the molecule is COCCOc1cccc(C(=O)N2CCN(Cc3ccccc3C)CC2)c1. The molecule has 5 heteroatoms. The number of methoxy groups -OCH3 is 1. The van der Waals surface area contributed by atoms with E-state index in [-0.39, 0.29) is 5.91 Å². The zero-order valence-electron chi connectivity index (χ0n) is 16.2. The van der Waals surface area contributed by atoms with Crippen LogP contribution in [0.1, 0.15) is 21.5 Å². The predicted molar refractivity (Wildman–Crippen MR) is 106 cm³/mol. The van der Waals surface area contributed by atoms with Gasteiger partial charge in [-0.25, -0.2) is 0 Å². The minimum Gasteiger partial charge on any atom is -0.491 e. The minimum atomic E-state index is 0.0720. The Morgan fingerprint density at radius 1 is 1.00 bits per heavy atom. The molecule has 0 aliphatic carbocycles. The van der Waals surface area contributed by atoms with Gasteiger partial charge in [0.15, 0.2) is 0 Å². The van der Waals surface area contributed by atoms with E-state index in [1.165, 1.54) is 11.1 Å². The number of amides is 1. The fourth-order valence-electron chi connectivity index (χ4n) is 3.28. The molecule has 0 N–H and O–H groups in total. The van der Waals surface area contributed by atoms with Crippen molar-refractivity contribution in [2.24, 2.45) is 0 Å². The first-order chi connectivity index (χ1) is 13.2. The Kier molecular flexibility index (Phi) is 6.85. The predicted octanol–water partition coefficient (Wildman–Crippen LogP) is 2.98. The highest BCUT2D eigenvalue weighted by Crippen LogP contribution is 2.17. The van der Waals surface area contributed by atoms with Crippen LogP contribution in [0, 0.1) is 6.92 Å². The Bertz CT molecular complexity index is 755. The zero-order chi connectivity index (χ0) is 19.1. The molecule has 5 nitrogen and oxygen atoms in total. The van der Waals surface area contributed by atoms with Crippen LogP contribution in [0.4, 0.5) is 0 Å². The summed E-state index contributed by atoms with van der Waals surface area (Å²) in [5.41, 5.74) is 3.36. The van der Waals surface area contributed by atoms with E-state index in [0.29, 0.717) is 24.5 Å². The van der Waals surface area contributed by atoms with Crippen LogP contribution >= 0.6 is 0 Å². The van der Waals surface area contributed by atoms with E-state index >= 15 is 0 Å². The van der Waals surface area contributed by atoms with Gasteiger partial charge in [-0.3, -0.25) is 9.69 Å². The largest absolute Gasteiger partial charge is 0.491 e. The highest BCUT2D eigenvalue weighted by atomic mass is 16.5. The molecule has 1 heterocycles. The average molecular weight is 368 g/mol. The molecule has 0 unspecified atom stereocenters. The second-order valence-electron chi connectivity index (χ2n) is 6.86. The lowest BCUT2D eigenvalue weighted by molar-refractivity contribution is 0.0627. The molecule has 2 aromatic rings. The molecule has 1 fully saturated rings. The fourth-order valence-corrected chi connectivity index (χ4v) is 3.28. The van der Waals surface area contributed by atoms with Gasteiger partial charge in [-0.2, -0.15) is 0 Å². The van der Waals surface area contributed by atoms with E-state index in [0.717, 1.165) is 32.7 Å². The van der Waals surface area contributed by atoms with Gasteiger partial charge < -0.3 is 14.4 Å². The number of ether oxygens (including phenoxy) is 2. The van der Waals surface area contributed by atoms with Crippen LogP contribution in [0.3, 0.4) is 0 Å². The maximum atomic E-state index is 12.8. The molecule has 0 bridgehead atoms. The molecule has 0 saturated carbocycles. The normalized spacial score (nSPS) is 15.0. The summed E-state index contributed by atoms with van der Waals surface area (Å²) in [4.78, 5) is 17.2. The van der Waals surface area contributed by atoms with Gasteiger partial charge in [0.05, 0.1) is 6.61 Å². The topological polar surface area (TPSA) is 42.0 Å². The number of piperazine rings is 1. The molecule has 0 radical (unpaired) electrons. The molecule has 1 saturated heterocycles. The summed E-state index contributed by atoms with van der Waals surface area (Å²) in [6.45, 7) is 7.38. The van der Waals surface area contributed by atoms with E-state index < -0.39 is 0 Å². The van der Waals surface area contributed by atoms with Gasteiger partial charge in [-0.15, -0.1) is 0 Å². The molecule has 1 aliphatic rings. The Morgan fingerprint density at radius 2 is 1.78 bits per heavy atom. The van der Waals surface area contributed by atoms with Crippen molar-refractivity contribution in [3.8, 4) is 5.75 Å². The first-order valence-electron chi connectivity index (χ1n) is 9.45. The maximum Gasteiger partial charge on any atom is 0.254 e. The van der Waals surface area contributed by atoms with Crippen LogP contribution < -0.4 is 4.74 Å². The third kappa shape index (κ3) is 5.31. The summed E-state index contributed by atoms with van der Waals surface area (Å²) in [6, 6.07) is 15.9. The third-order valence-corrected chi connectivity index (χ3v) is 4.95. The lowest BCUT2D eigenvalue weighted by Crippen LogP contribution is -2.48. The van der Waals surface area contributed by atoms with E-state index in [9.17, 15) is 4.79 Å². The Labute approximate surface area is 161 Å². The van der Waals surface area contributed by atoms with Crippen molar-refractivity contribution in [2.75, 3.05) is 46.5 Å². The van der Waals surface area contributed by atoms with Crippen molar-refractivity contribution in [1.82, 2.24) is 9.80 Å². The summed E-state index contributed by atoms with van der Waals surface area (Å²) in [5, 5.41) is 0. The van der Waals surface area contributed by atoms with Crippen molar-refractivity contribution in [3.05, 3.63) is 65.2 Å². The molecule has 144 valence electrons. The van der Waals surface area contributed by atoms with Gasteiger partial charge in [0.25, 0.3) is 5.91 Å². The van der Waals surface area contributed by atoms with Crippen LogP contribution in [0.5, 0.6) is 5.75 Å². The van der Waals surface area contributed by atoms with Crippen molar-refractivity contribution in [3.63, 3.8) is 0 Å². The highest BCUT2D eigenvalue weighted by Gasteiger charge is 2.22. The van der Waals surface area contributed by atoms with Crippen LogP contribution in [0.2, 0.25) is 0 Å². The van der Waals surface area contributed by atoms with Gasteiger partial charge in [0, 0.05) is 45.4 Å². The van der Waals surface area contributed by atoms with E-state index in [1.54, 1.807) is 7.11 Å². The van der Waals surface area contributed by atoms with Crippen molar-refractivity contribution >= 4 is 5.91 Å². The van der Waals surface area contributed by atoms with Gasteiger partial charge in [-0.1, -0.05) is 30.3 Å². The summed E-state index contributed by atoms with van der Waals surface area (Å²) in [7, 11) is 1.64. The number of hydrogen-bond acceptors (Lipinski definition) is 4. The van der Waals surface area contributed by atoms with Gasteiger partial charge in [0.2, 0.25) is 0 Å². The van der Waals surface area contributed by atoms with E-state index in [1.807, 2.05) is 29.2 Å². The maximum absolute atomic E-state index is 12.8. The molecule has 0 spiro atoms. The number of carbonyl (C=O) groups is 1. The summed E-state index contributed by atoms with van der Waals surface area (Å²) in [5.74, 6) is 0.777. The summed E-state index contributed by atoms with van der Waals surface area (Å²) < 4.78 is 10.6. The van der Waals surface area contributed by atoms with Crippen LogP contribution in [-0.4, -0.2) is 62.2 Å². The zero-order valence-corrected chi connectivity index (χ0v) is 16.2. The molecule has 1 amide bonds. The molecule has 3 rings (SSSR count). The number of carbonyl (C=O) groups excluding carboxylic acids is 1. The Balaban J connectivity index is 1.54. The number of aryl methyl sites for hydroxylation is 1. The first-order valence-corrected chi connectivity index (χ1v) is 9.45. The molecular formula is C22H28N2O3. The standard InChI is InChI=1S/C22H28N2O3/c1-18-6-3-4-7-20(18)17-23-10-12-24(13-11-23)22(25)19-8-5-9-21(16-19)27-15-14-26-2/h3-9,16H,10-15,17H2,1-2H3. The van der Waals surface area contributed by atoms with Crippen LogP contribution in [0.15, 0.2) is 48.5 Å². The molecule has 2 aromatic carbocycles. The van der Waals surface area contributed by atoms with Gasteiger partial charge >= 0.3 is 0 Å². The average Bonchev–Trinajstić information content (AvgIpc) is 2.70. The second kappa shape index (κ2) is 9.53. The van der Waals surface area contributed by atoms with Crippen molar-refractivity contribution in [2.45, 2.75) is 13.5 Å². The van der Waals surface area contributed by atoms with Crippen molar-refractivity contribution in [1.29, 1.82) is 0 Å². The first kappa shape index (κ1) is 19.4. The number of nitrogens with zero attached hydrogens (tertiary/aromatic N) is 2. The lowest BCUT2D eigenvalue weighted by atomic mass is 10.1. The minimum absolute atomic E-state index is 0.0720. The highest BCUT2D eigenvalue weighted by molar-refractivity contribution is 5.94. The van der Waals surface area contributed by atoms with Crippen LogP contribution in [-0.2, 0) is 11.3 Å². The third-order valence-electron chi connectivity index (χ3n) is 4.95. The van der Waals surface area contributed by atoms with Gasteiger partial charge in [-0.05, 0) is 36.2 Å². The Hall–Kier alpha value is -2.37. The monoisotopic (exact) mass is 368 g/mol. The summed E-state index contributed by atoms with van der Waals surface area (Å²) in [6.07, 6.45) is 0. The summed E-state index contributed by atoms with van der Waals surface area (Å²) >= 11 is 0. The number of hydrogen-bond donors (Lipinski definition) is 0. The molecule has 27 heavy (non-hydrogen) atoms. The van der Waals surface area contributed by atoms with Gasteiger partial charge in [0.1, 0.15) is 12.4 Å². The van der Waals surface area contributed by atoms with Crippen molar-refractivity contribution < 1.29 is 14.3 Å². The molecule has 0 atom stereocenters. The quantitative estimate of drug-likeness (QED) is 0.705. The van der Waals surface area contributed by atoms with Crippen LogP contribution in [0.25, 0.3) is 0 Å². The molecule has 0 aromatic heterocycles. The smallest absolute Gasteiger partial charge is 0.254 e. The lowest BCUT2D eigenvalue weighted by Gasteiger charge is -2.35. The fraction of sp³-hybridized carbons (Fsp3) is 0.409. The van der Waals surface area contributed by atoms with E-state index in [4.69, 9.17) is 9.47 Å². The second-order valence-corrected chi connectivity index (χ2v) is 6.86. The Morgan fingerprint density at radius 3 is 2.52 bits per heavy atom. The molecule has 1 aliphatic heterocycles.